The number of hydrogen-bond donors (Lipinski definition) is 3. The van der Waals surface area contributed by atoms with E-state index in [0.29, 0.717) is 12.0 Å². The third kappa shape index (κ3) is 8.44. The SMILES string of the molecule is CCC(C)C(NC(=O)OC(C)(C)C)C(=O)N(CC)C(C(=O)NC1CCCCC1)c1ccc(O)cc1. The number of benzene rings is 1. The number of nitrogens with zero attached hydrogens (tertiary/aromatic N) is 1. The highest BCUT2D eigenvalue weighted by molar-refractivity contribution is 5.92. The van der Waals surface area contributed by atoms with Crippen molar-refractivity contribution in [1.29, 1.82) is 0 Å². The lowest BCUT2D eigenvalue weighted by Gasteiger charge is -2.36. The van der Waals surface area contributed by atoms with Crippen LogP contribution in [0.5, 0.6) is 5.75 Å². The number of phenolic OH excluding ortho intramolecular Hbond substituents is 1. The molecule has 196 valence electrons. The Morgan fingerprint density at radius 1 is 1.09 bits per heavy atom. The average molecular weight is 490 g/mol. The molecule has 2 rings (SSSR count). The molecule has 0 spiro atoms. The van der Waals surface area contributed by atoms with Gasteiger partial charge in [0.15, 0.2) is 0 Å². The molecule has 1 saturated carbocycles. The van der Waals surface area contributed by atoms with Gasteiger partial charge in [0, 0.05) is 12.6 Å². The lowest BCUT2D eigenvalue weighted by atomic mass is 9.94. The molecule has 3 N–H and O–H groups in total. The summed E-state index contributed by atoms with van der Waals surface area (Å²) < 4.78 is 5.40. The van der Waals surface area contributed by atoms with Crippen molar-refractivity contribution in [2.75, 3.05) is 6.54 Å². The van der Waals surface area contributed by atoms with Crippen LogP contribution in [0, 0.1) is 5.92 Å². The molecule has 0 bridgehead atoms. The molecule has 1 aromatic carbocycles. The van der Waals surface area contributed by atoms with Crippen molar-refractivity contribution >= 4 is 17.9 Å². The first kappa shape index (κ1) is 28.5. The van der Waals surface area contributed by atoms with Crippen molar-refractivity contribution in [3.8, 4) is 5.75 Å². The summed E-state index contributed by atoms with van der Waals surface area (Å²) in [6.45, 7) is 11.2. The minimum Gasteiger partial charge on any atom is -0.508 e. The van der Waals surface area contributed by atoms with Crippen LogP contribution >= 0.6 is 0 Å². The summed E-state index contributed by atoms with van der Waals surface area (Å²) in [6.07, 6.45) is 5.14. The van der Waals surface area contributed by atoms with Gasteiger partial charge in [-0.2, -0.15) is 0 Å². The summed E-state index contributed by atoms with van der Waals surface area (Å²) in [5.41, 5.74) is -0.0991. The predicted octanol–water partition coefficient (Wildman–Crippen LogP) is 4.67. The predicted molar refractivity (Wildman–Crippen MR) is 136 cm³/mol. The number of alkyl carbamates (subject to hydrolysis) is 1. The minimum atomic E-state index is -0.887. The Kier molecular flexibility index (Phi) is 10.4. The number of nitrogens with one attached hydrogen (secondary N) is 2. The van der Waals surface area contributed by atoms with Gasteiger partial charge < -0.3 is 25.4 Å². The largest absolute Gasteiger partial charge is 0.508 e. The zero-order valence-corrected chi connectivity index (χ0v) is 22.1. The molecule has 1 aromatic rings. The maximum Gasteiger partial charge on any atom is 0.408 e. The summed E-state index contributed by atoms with van der Waals surface area (Å²) in [5.74, 6) is -0.688. The zero-order valence-electron chi connectivity index (χ0n) is 22.1. The summed E-state index contributed by atoms with van der Waals surface area (Å²) in [7, 11) is 0. The molecule has 0 aromatic heterocycles. The monoisotopic (exact) mass is 489 g/mol. The van der Waals surface area contributed by atoms with E-state index in [2.05, 4.69) is 10.6 Å². The molecule has 3 amide bonds. The van der Waals surface area contributed by atoms with Crippen LogP contribution in [0.3, 0.4) is 0 Å². The van der Waals surface area contributed by atoms with Crippen LogP contribution in [-0.4, -0.2) is 52.1 Å². The molecule has 0 saturated heterocycles. The Morgan fingerprint density at radius 2 is 1.69 bits per heavy atom. The Balaban J connectivity index is 2.37. The topological polar surface area (TPSA) is 108 Å². The van der Waals surface area contributed by atoms with E-state index >= 15 is 0 Å². The van der Waals surface area contributed by atoms with Crippen LogP contribution < -0.4 is 10.6 Å². The Hall–Kier alpha value is -2.77. The second-order valence-electron chi connectivity index (χ2n) is 10.5. The van der Waals surface area contributed by atoms with Crippen LogP contribution in [0.4, 0.5) is 4.79 Å². The lowest BCUT2D eigenvalue weighted by Crippen LogP contribution is -2.55. The average Bonchev–Trinajstić information content (AvgIpc) is 2.80. The number of aromatic hydroxyl groups is 1. The van der Waals surface area contributed by atoms with Crippen molar-refractivity contribution < 1.29 is 24.2 Å². The highest BCUT2D eigenvalue weighted by Crippen LogP contribution is 2.27. The van der Waals surface area contributed by atoms with Crippen LogP contribution in [0.25, 0.3) is 0 Å². The fourth-order valence-corrected chi connectivity index (χ4v) is 4.42. The molecule has 3 atom stereocenters. The first-order valence-corrected chi connectivity index (χ1v) is 12.9. The first-order chi connectivity index (χ1) is 16.5. The lowest BCUT2D eigenvalue weighted by molar-refractivity contribution is -0.143. The van der Waals surface area contributed by atoms with Crippen molar-refractivity contribution in [2.24, 2.45) is 5.92 Å². The van der Waals surface area contributed by atoms with Gasteiger partial charge in [-0.15, -0.1) is 0 Å². The van der Waals surface area contributed by atoms with E-state index in [-0.39, 0.29) is 36.1 Å². The molecule has 1 fully saturated rings. The maximum atomic E-state index is 13.9. The summed E-state index contributed by atoms with van der Waals surface area (Å²) in [6, 6.07) is 4.69. The van der Waals surface area contributed by atoms with E-state index in [4.69, 9.17) is 4.74 Å². The molecular formula is C27H43N3O5. The molecule has 0 heterocycles. The van der Waals surface area contributed by atoms with Crippen LogP contribution in [0.1, 0.15) is 91.7 Å². The molecule has 3 unspecified atom stereocenters. The number of likely N-dealkylation sites (N-methyl/N-ethyl adjacent to an activating group) is 1. The van der Waals surface area contributed by atoms with Gasteiger partial charge in [-0.05, 0) is 64.2 Å². The normalized spacial score (nSPS) is 17.1. The first-order valence-electron chi connectivity index (χ1n) is 12.9. The van der Waals surface area contributed by atoms with Gasteiger partial charge in [0.25, 0.3) is 0 Å². The Labute approximate surface area is 209 Å². The second kappa shape index (κ2) is 12.8. The second-order valence-corrected chi connectivity index (χ2v) is 10.5. The molecule has 8 heteroatoms. The standard InChI is InChI=1S/C27H43N3O5/c1-7-18(3)22(29-26(34)35-27(4,5)6)25(33)30(8-2)23(19-14-16-21(31)17-15-19)24(32)28-20-12-10-9-11-13-20/h14-18,20,22-23,31H,7-13H2,1-6H3,(H,28,32)(H,29,34). The van der Waals surface area contributed by atoms with Crippen LogP contribution in [-0.2, 0) is 14.3 Å². The Bertz CT molecular complexity index is 843. The molecular weight excluding hydrogens is 446 g/mol. The van der Waals surface area contributed by atoms with Crippen molar-refractivity contribution in [2.45, 2.75) is 104 Å². The highest BCUT2D eigenvalue weighted by atomic mass is 16.6. The number of carbonyl (C=O) groups is 3. The minimum absolute atomic E-state index is 0.0786. The smallest absolute Gasteiger partial charge is 0.408 e. The van der Waals surface area contributed by atoms with Gasteiger partial charge in [0.05, 0.1) is 0 Å². The van der Waals surface area contributed by atoms with Crippen LogP contribution in [0.2, 0.25) is 0 Å². The van der Waals surface area contributed by atoms with Gasteiger partial charge in [0.1, 0.15) is 23.4 Å². The molecule has 0 radical (unpaired) electrons. The van der Waals surface area contributed by atoms with Crippen molar-refractivity contribution in [1.82, 2.24) is 15.5 Å². The number of amides is 3. The fourth-order valence-electron chi connectivity index (χ4n) is 4.42. The molecule has 35 heavy (non-hydrogen) atoms. The van der Waals surface area contributed by atoms with Gasteiger partial charge in [0.2, 0.25) is 11.8 Å². The van der Waals surface area contributed by atoms with E-state index in [1.54, 1.807) is 32.9 Å². The summed E-state index contributed by atoms with van der Waals surface area (Å²) in [5, 5.41) is 15.7. The van der Waals surface area contributed by atoms with Gasteiger partial charge in [-0.25, -0.2) is 4.79 Å². The molecule has 8 nitrogen and oxygen atoms in total. The van der Waals surface area contributed by atoms with E-state index < -0.39 is 23.8 Å². The number of rotatable bonds is 9. The zero-order chi connectivity index (χ0) is 26.2. The highest BCUT2D eigenvalue weighted by Gasteiger charge is 2.38. The Morgan fingerprint density at radius 3 is 2.20 bits per heavy atom. The third-order valence-electron chi connectivity index (χ3n) is 6.50. The van der Waals surface area contributed by atoms with Gasteiger partial charge in [-0.1, -0.05) is 51.7 Å². The van der Waals surface area contributed by atoms with E-state index in [0.717, 1.165) is 25.7 Å². The summed E-state index contributed by atoms with van der Waals surface area (Å²) in [4.78, 5) is 41.6. The molecule has 1 aliphatic carbocycles. The number of ether oxygens (including phenoxy) is 1. The number of phenols is 1. The summed E-state index contributed by atoms with van der Waals surface area (Å²) >= 11 is 0. The van der Waals surface area contributed by atoms with Gasteiger partial charge in [-0.3, -0.25) is 9.59 Å². The fraction of sp³-hybridized carbons (Fsp3) is 0.667. The van der Waals surface area contributed by atoms with E-state index in [1.807, 2.05) is 20.8 Å². The van der Waals surface area contributed by atoms with Crippen molar-refractivity contribution in [3.05, 3.63) is 29.8 Å². The van der Waals surface area contributed by atoms with Crippen molar-refractivity contribution in [3.63, 3.8) is 0 Å². The number of hydrogen-bond acceptors (Lipinski definition) is 5. The quantitative estimate of drug-likeness (QED) is 0.467. The molecule has 1 aliphatic rings. The van der Waals surface area contributed by atoms with Crippen LogP contribution in [0.15, 0.2) is 24.3 Å². The maximum absolute atomic E-state index is 13.9. The third-order valence-corrected chi connectivity index (χ3v) is 6.50. The number of carbonyl (C=O) groups excluding carboxylic acids is 3. The van der Waals surface area contributed by atoms with E-state index in [1.165, 1.54) is 23.5 Å². The molecule has 0 aliphatic heterocycles. The van der Waals surface area contributed by atoms with E-state index in [9.17, 15) is 19.5 Å². The van der Waals surface area contributed by atoms with Gasteiger partial charge >= 0.3 is 6.09 Å².